The second-order valence-electron chi connectivity index (χ2n) is 6.09. The van der Waals surface area contributed by atoms with E-state index in [1.807, 2.05) is 18.2 Å². The minimum absolute atomic E-state index is 0.0367. The molecule has 0 radical (unpaired) electrons. The van der Waals surface area contributed by atoms with E-state index in [0.29, 0.717) is 10.9 Å². The van der Waals surface area contributed by atoms with Crippen molar-refractivity contribution in [2.75, 3.05) is 0 Å². The number of carbonyl (C=O) groups is 3. The summed E-state index contributed by atoms with van der Waals surface area (Å²) in [6.45, 7) is 0.0367. The fourth-order valence-electron chi connectivity index (χ4n) is 2.69. The summed E-state index contributed by atoms with van der Waals surface area (Å²) in [5.41, 5.74) is 1.69. The molecule has 0 saturated carbocycles. The highest BCUT2D eigenvalue weighted by Gasteiger charge is 2.25. The first-order valence-corrected chi connectivity index (χ1v) is 8.61. The second kappa shape index (κ2) is 8.77. The molecule has 3 rings (SSSR count). The van der Waals surface area contributed by atoms with Crippen LogP contribution in [0.2, 0.25) is 0 Å². The van der Waals surface area contributed by atoms with Crippen LogP contribution in [0, 0.1) is 0 Å². The van der Waals surface area contributed by atoms with E-state index in [9.17, 15) is 19.5 Å². The highest BCUT2D eigenvalue weighted by Crippen LogP contribution is 2.16. The Bertz CT molecular complexity index is 999. The van der Waals surface area contributed by atoms with Gasteiger partial charge in [0.2, 0.25) is 0 Å². The Morgan fingerprint density at radius 1 is 1.00 bits per heavy atom. The van der Waals surface area contributed by atoms with Crippen molar-refractivity contribution in [3.63, 3.8) is 0 Å². The standard InChI is InChI=1S/C21H18N2O5/c24-19(28-13-14-6-2-1-3-7-14)12-18(21(26)27)23-20(25)16-10-11-22-17-9-5-4-8-15(16)17/h1-11,18H,12-13H2,(H,23,25)(H,26,27)/t18-/m1/s1. The van der Waals surface area contributed by atoms with Crippen LogP contribution in [0.4, 0.5) is 0 Å². The molecule has 28 heavy (non-hydrogen) atoms. The predicted molar refractivity (Wildman–Crippen MR) is 101 cm³/mol. The van der Waals surface area contributed by atoms with E-state index in [2.05, 4.69) is 10.3 Å². The van der Waals surface area contributed by atoms with E-state index < -0.39 is 30.3 Å². The summed E-state index contributed by atoms with van der Waals surface area (Å²) in [6.07, 6.45) is 0.998. The average molecular weight is 378 g/mol. The van der Waals surface area contributed by atoms with Gasteiger partial charge in [-0.1, -0.05) is 48.5 Å². The highest BCUT2D eigenvalue weighted by atomic mass is 16.5. The highest BCUT2D eigenvalue weighted by molar-refractivity contribution is 6.07. The second-order valence-corrected chi connectivity index (χ2v) is 6.09. The normalized spacial score (nSPS) is 11.6. The molecule has 0 spiro atoms. The molecule has 1 amide bonds. The first-order valence-electron chi connectivity index (χ1n) is 8.61. The third-order valence-corrected chi connectivity index (χ3v) is 4.11. The number of carbonyl (C=O) groups excluding carboxylic acids is 2. The summed E-state index contributed by atoms with van der Waals surface area (Å²) in [5.74, 6) is -2.62. The Labute approximate surface area is 161 Å². The number of amides is 1. The monoisotopic (exact) mass is 378 g/mol. The lowest BCUT2D eigenvalue weighted by atomic mass is 10.1. The third kappa shape index (κ3) is 4.70. The van der Waals surface area contributed by atoms with E-state index in [0.717, 1.165) is 5.56 Å². The van der Waals surface area contributed by atoms with Crippen molar-refractivity contribution >= 4 is 28.7 Å². The van der Waals surface area contributed by atoms with Crippen molar-refractivity contribution < 1.29 is 24.2 Å². The van der Waals surface area contributed by atoms with Gasteiger partial charge in [-0.05, 0) is 17.7 Å². The molecule has 0 aliphatic carbocycles. The van der Waals surface area contributed by atoms with Crippen molar-refractivity contribution in [1.29, 1.82) is 0 Å². The number of fused-ring (bicyclic) bond motifs is 1. The van der Waals surface area contributed by atoms with Crippen molar-refractivity contribution in [1.82, 2.24) is 10.3 Å². The Kier molecular flexibility index (Phi) is 5.96. The number of aliphatic carboxylic acids is 1. The zero-order chi connectivity index (χ0) is 19.9. The van der Waals surface area contributed by atoms with Gasteiger partial charge in [0.25, 0.3) is 5.91 Å². The molecule has 2 aromatic carbocycles. The van der Waals surface area contributed by atoms with Gasteiger partial charge >= 0.3 is 11.9 Å². The van der Waals surface area contributed by atoms with Gasteiger partial charge in [-0.25, -0.2) is 4.79 Å². The molecule has 0 bridgehead atoms. The quantitative estimate of drug-likeness (QED) is 0.612. The molecule has 0 aliphatic rings. The number of aromatic nitrogens is 1. The molecule has 7 nitrogen and oxygen atoms in total. The Hall–Kier alpha value is -3.74. The van der Waals surface area contributed by atoms with Gasteiger partial charge in [0, 0.05) is 11.6 Å². The molecule has 0 unspecified atom stereocenters. The summed E-state index contributed by atoms with van der Waals surface area (Å²) in [4.78, 5) is 40.3. The number of hydrogen-bond donors (Lipinski definition) is 2. The van der Waals surface area contributed by atoms with E-state index in [4.69, 9.17) is 4.74 Å². The number of nitrogens with zero attached hydrogens (tertiary/aromatic N) is 1. The van der Waals surface area contributed by atoms with Crippen LogP contribution in [-0.4, -0.2) is 34.0 Å². The maximum absolute atomic E-state index is 12.6. The smallest absolute Gasteiger partial charge is 0.326 e. The van der Waals surface area contributed by atoms with Crippen LogP contribution in [0.3, 0.4) is 0 Å². The lowest BCUT2D eigenvalue weighted by molar-refractivity contribution is -0.150. The average Bonchev–Trinajstić information content (AvgIpc) is 2.72. The molecule has 0 aliphatic heterocycles. The molecular weight excluding hydrogens is 360 g/mol. The minimum atomic E-state index is -1.40. The number of hydrogen-bond acceptors (Lipinski definition) is 5. The third-order valence-electron chi connectivity index (χ3n) is 4.11. The summed E-state index contributed by atoms with van der Waals surface area (Å²) in [5, 5.41) is 12.4. The van der Waals surface area contributed by atoms with Gasteiger partial charge in [0.1, 0.15) is 12.6 Å². The first-order chi connectivity index (χ1) is 13.5. The van der Waals surface area contributed by atoms with Crippen LogP contribution in [0.25, 0.3) is 10.9 Å². The topological polar surface area (TPSA) is 106 Å². The van der Waals surface area contributed by atoms with Crippen LogP contribution in [-0.2, 0) is 20.9 Å². The number of para-hydroxylation sites is 1. The zero-order valence-corrected chi connectivity index (χ0v) is 14.9. The number of nitrogens with one attached hydrogen (secondary N) is 1. The number of rotatable bonds is 7. The van der Waals surface area contributed by atoms with Crippen LogP contribution < -0.4 is 5.32 Å². The van der Waals surface area contributed by atoms with Crippen molar-refractivity contribution in [2.24, 2.45) is 0 Å². The molecule has 2 N–H and O–H groups in total. The van der Waals surface area contributed by atoms with Gasteiger partial charge in [-0.15, -0.1) is 0 Å². The van der Waals surface area contributed by atoms with Gasteiger partial charge < -0.3 is 15.2 Å². The van der Waals surface area contributed by atoms with E-state index >= 15 is 0 Å². The van der Waals surface area contributed by atoms with Gasteiger partial charge in [-0.2, -0.15) is 0 Å². The fourth-order valence-corrected chi connectivity index (χ4v) is 2.69. The van der Waals surface area contributed by atoms with E-state index in [1.54, 1.807) is 36.4 Å². The van der Waals surface area contributed by atoms with Crippen LogP contribution in [0.15, 0.2) is 66.9 Å². The molecule has 1 atom stereocenters. The summed E-state index contributed by atoms with van der Waals surface area (Å²) in [7, 11) is 0. The number of pyridine rings is 1. The van der Waals surface area contributed by atoms with Crippen molar-refractivity contribution in [2.45, 2.75) is 19.1 Å². The summed E-state index contributed by atoms with van der Waals surface area (Å²) in [6, 6.07) is 16.2. The molecule has 3 aromatic rings. The first kappa shape index (κ1) is 19.0. The molecule has 1 aromatic heterocycles. The van der Waals surface area contributed by atoms with Gasteiger partial charge in [0.15, 0.2) is 0 Å². The molecule has 0 saturated heterocycles. The van der Waals surface area contributed by atoms with Gasteiger partial charge in [-0.3, -0.25) is 14.6 Å². The lowest BCUT2D eigenvalue weighted by Gasteiger charge is -2.15. The minimum Gasteiger partial charge on any atom is -0.480 e. The fraction of sp³-hybridized carbons (Fsp3) is 0.143. The SMILES string of the molecule is O=C(C[C@@H](NC(=O)c1ccnc2ccccc12)C(=O)O)OCc1ccccc1. The van der Waals surface area contributed by atoms with Crippen molar-refractivity contribution in [3.05, 3.63) is 78.0 Å². The van der Waals surface area contributed by atoms with Crippen molar-refractivity contribution in [3.8, 4) is 0 Å². The molecule has 0 fully saturated rings. The maximum Gasteiger partial charge on any atom is 0.326 e. The number of carboxylic acid groups (broad SMARTS) is 1. The largest absolute Gasteiger partial charge is 0.480 e. The molecule has 1 heterocycles. The van der Waals surface area contributed by atoms with Crippen LogP contribution >= 0.6 is 0 Å². The van der Waals surface area contributed by atoms with Gasteiger partial charge in [0.05, 0.1) is 17.5 Å². The number of benzene rings is 2. The lowest BCUT2D eigenvalue weighted by Crippen LogP contribution is -2.42. The Morgan fingerprint density at radius 3 is 2.46 bits per heavy atom. The molecule has 7 heteroatoms. The number of carboxylic acids is 1. The number of esters is 1. The summed E-state index contributed by atoms with van der Waals surface area (Å²) < 4.78 is 5.10. The molecular formula is C21H18N2O5. The summed E-state index contributed by atoms with van der Waals surface area (Å²) >= 11 is 0. The molecule has 142 valence electrons. The maximum atomic E-state index is 12.6. The Balaban J connectivity index is 1.66. The van der Waals surface area contributed by atoms with E-state index in [1.165, 1.54) is 12.3 Å². The zero-order valence-electron chi connectivity index (χ0n) is 14.9. The van der Waals surface area contributed by atoms with Crippen LogP contribution in [0.5, 0.6) is 0 Å². The van der Waals surface area contributed by atoms with Crippen LogP contribution in [0.1, 0.15) is 22.3 Å². The van der Waals surface area contributed by atoms with E-state index in [-0.39, 0.29) is 12.2 Å². The number of ether oxygens (including phenoxy) is 1. The Morgan fingerprint density at radius 2 is 1.71 bits per heavy atom. The predicted octanol–water partition coefficient (Wildman–Crippen LogP) is 2.55.